The van der Waals surface area contributed by atoms with Gasteiger partial charge in [-0.1, -0.05) is 48.5 Å². The number of rotatable bonds is 7. The zero-order valence-corrected chi connectivity index (χ0v) is 19.9. The Morgan fingerprint density at radius 1 is 1.06 bits per heavy atom. The lowest BCUT2D eigenvalue weighted by Gasteiger charge is -2.32. The Morgan fingerprint density at radius 2 is 1.69 bits per heavy atom. The van der Waals surface area contributed by atoms with Crippen LogP contribution >= 0.6 is 0 Å². The second-order valence-corrected chi connectivity index (χ2v) is 9.19. The molecule has 35 heavy (non-hydrogen) atoms. The van der Waals surface area contributed by atoms with Gasteiger partial charge in [-0.2, -0.15) is 13.2 Å². The van der Waals surface area contributed by atoms with Crippen LogP contribution in [0.15, 0.2) is 54.0 Å². The first-order chi connectivity index (χ1) is 16.3. The van der Waals surface area contributed by atoms with Crippen molar-refractivity contribution in [2.75, 3.05) is 6.54 Å². The van der Waals surface area contributed by atoms with Crippen LogP contribution in [0.5, 0.6) is 0 Å². The van der Waals surface area contributed by atoms with E-state index in [4.69, 9.17) is 14.0 Å². The zero-order valence-electron chi connectivity index (χ0n) is 19.9. The summed E-state index contributed by atoms with van der Waals surface area (Å²) in [6.45, 7) is 7.10. The third-order valence-corrected chi connectivity index (χ3v) is 6.07. The van der Waals surface area contributed by atoms with Crippen molar-refractivity contribution in [1.29, 1.82) is 0 Å². The molecule has 1 fully saturated rings. The summed E-state index contributed by atoms with van der Waals surface area (Å²) in [6.07, 6.45) is -3.84. The number of alkyl carbamates (subject to hydrolysis) is 1. The molecular formula is C25H27BF3NO5. The largest absolute Gasteiger partial charge is 0.492 e. The van der Waals surface area contributed by atoms with Gasteiger partial charge in [-0.3, -0.25) is 4.79 Å². The van der Waals surface area contributed by atoms with Crippen LogP contribution in [0.2, 0.25) is 0 Å². The molecule has 0 radical (unpaired) electrons. The van der Waals surface area contributed by atoms with Crippen molar-refractivity contribution >= 4 is 25.6 Å². The summed E-state index contributed by atoms with van der Waals surface area (Å²) >= 11 is 0. The van der Waals surface area contributed by atoms with Crippen molar-refractivity contribution in [2.45, 2.75) is 51.7 Å². The van der Waals surface area contributed by atoms with Crippen LogP contribution < -0.4 is 5.32 Å². The molecule has 2 aromatic carbocycles. The average molecular weight is 489 g/mol. The molecule has 10 heteroatoms. The van der Waals surface area contributed by atoms with E-state index in [2.05, 4.69) is 5.32 Å². The minimum Gasteiger partial charge on any atom is -0.445 e. The van der Waals surface area contributed by atoms with Gasteiger partial charge in [0.05, 0.1) is 16.8 Å². The summed E-state index contributed by atoms with van der Waals surface area (Å²) in [5.74, 6) is 0. The Bertz CT molecular complexity index is 1080. The number of nitrogens with one attached hydrogen (secondary N) is 1. The monoisotopic (exact) mass is 489 g/mol. The van der Waals surface area contributed by atoms with Crippen molar-refractivity contribution < 1.29 is 36.8 Å². The van der Waals surface area contributed by atoms with Crippen molar-refractivity contribution in [3.05, 3.63) is 76.3 Å². The number of amides is 1. The highest BCUT2D eigenvalue weighted by atomic mass is 19.4. The van der Waals surface area contributed by atoms with E-state index in [-0.39, 0.29) is 29.8 Å². The van der Waals surface area contributed by atoms with E-state index in [1.165, 1.54) is 18.2 Å². The second-order valence-electron chi connectivity index (χ2n) is 9.19. The normalized spacial score (nSPS) is 17.2. The lowest BCUT2D eigenvalue weighted by Crippen LogP contribution is -2.41. The summed E-state index contributed by atoms with van der Waals surface area (Å²) in [5.41, 5.74) is -1.74. The minimum absolute atomic E-state index is 0.0353. The van der Waals surface area contributed by atoms with Crippen molar-refractivity contribution in [3.8, 4) is 0 Å². The molecule has 1 saturated heterocycles. The number of halogens is 3. The van der Waals surface area contributed by atoms with Gasteiger partial charge >= 0.3 is 19.4 Å². The summed E-state index contributed by atoms with van der Waals surface area (Å²) < 4.78 is 58.4. The van der Waals surface area contributed by atoms with E-state index >= 15 is 0 Å². The van der Waals surface area contributed by atoms with E-state index in [1.54, 1.807) is 12.1 Å². The average Bonchev–Trinajstić information content (AvgIpc) is 3.01. The fraction of sp³-hybridized carbons (Fsp3) is 0.360. The molecule has 1 heterocycles. The van der Waals surface area contributed by atoms with Gasteiger partial charge in [-0.05, 0) is 50.4 Å². The topological polar surface area (TPSA) is 73.9 Å². The molecule has 1 N–H and O–H groups in total. The Morgan fingerprint density at radius 3 is 2.26 bits per heavy atom. The van der Waals surface area contributed by atoms with Gasteiger partial charge < -0.3 is 19.4 Å². The van der Waals surface area contributed by atoms with Crippen LogP contribution in [0.4, 0.5) is 18.0 Å². The van der Waals surface area contributed by atoms with Gasteiger partial charge in [0.25, 0.3) is 0 Å². The van der Waals surface area contributed by atoms with Gasteiger partial charge in [-0.25, -0.2) is 4.79 Å². The lowest BCUT2D eigenvalue weighted by molar-refractivity contribution is -0.137. The van der Waals surface area contributed by atoms with Crippen molar-refractivity contribution in [3.63, 3.8) is 0 Å². The summed E-state index contributed by atoms with van der Waals surface area (Å²) in [7, 11) is -1.01. The molecule has 0 aliphatic carbocycles. The van der Waals surface area contributed by atoms with Crippen molar-refractivity contribution in [1.82, 2.24) is 5.32 Å². The van der Waals surface area contributed by atoms with Crippen LogP contribution in [-0.2, 0) is 26.8 Å². The summed E-state index contributed by atoms with van der Waals surface area (Å²) in [6, 6.07) is 12.3. The predicted octanol–water partition coefficient (Wildman–Crippen LogP) is 5.46. The number of ether oxygens (including phenoxy) is 1. The molecule has 1 amide bonds. The SMILES string of the molecule is CC1(C)OB(C(=Cc2ccc(C=O)cc2C(F)(F)F)CNC(=O)OCc2ccccc2)OC1(C)C. The van der Waals surface area contributed by atoms with Crippen molar-refractivity contribution in [2.24, 2.45) is 0 Å². The van der Waals surface area contributed by atoms with Crippen LogP contribution in [0.1, 0.15) is 54.7 Å². The number of benzene rings is 2. The standard InChI is InChI=1S/C25H27BF3NO5/c1-23(2)24(3,4)35-26(34-23)20(14-30-22(32)33-16-17-8-6-5-7-9-17)13-19-11-10-18(15-31)12-21(19)25(27,28)29/h5-13,15H,14,16H2,1-4H3,(H,30,32). The molecule has 186 valence electrons. The van der Waals surface area contributed by atoms with E-state index in [0.29, 0.717) is 6.29 Å². The molecule has 0 aromatic heterocycles. The first-order valence-corrected chi connectivity index (χ1v) is 11.0. The quantitative estimate of drug-likeness (QED) is 0.413. The number of hydrogen-bond acceptors (Lipinski definition) is 5. The van der Waals surface area contributed by atoms with E-state index < -0.39 is 36.2 Å². The van der Waals surface area contributed by atoms with Crippen LogP contribution in [0, 0.1) is 0 Å². The fourth-order valence-corrected chi connectivity index (χ4v) is 3.36. The fourth-order valence-electron chi connectivity index (χ4n) is 3.36. The number of alkyl halides is 3. The Balaban J connectivity index is 1.87. The van der Waals surface area contributed by atoms with Gasteiger partial charge in [0.1, 0.15) is 12.9 Å². The summed E-state index contributed by atoms with van der Waals surface area (Å²) in [5, 5.41) is 2.56. The maximum Gasteiger partial charge on any atom is 0.492 e. The number of aldehydes is 1. The molecule has 6 nitrogen and oxygen atoms in total. The number of hydrogen-bond donors (Lipinski definition) is 1. The third kappa shape index (κ3) is 6.52. The maximum atomic E-state index is 13.7. The highest BCUT2D eigenvalue weighted by Crippen LogP contribution is 2.39. The molecule has 2 aromatic rings. The minimum atomic E-state index is -4.70. The molecular weight excluding hydrogens is 462 g/mol. The molecule has 0 atom stereocenters. The zero-order chi connectivity index (χ0) is 25.9. The first kappa shape index (κ1) is 26.5. The Labute approximate surface area is 202 Å². The molecule has 0 spiro atoms. The highest BCUT2D eigenvalue weighted by molar-refractivity contribution is 6.56. The lowest BCUT2D eigenvalue weighted by atomic mass is 9.76. The molecule has 1 aliphatic rings. The second kappa shape index (κ2) is 10.3. The Kier molecular flexibility index (Phi) is 7.76. The van der Waals surface area contributed by atoms with Gasteiger partial charge in [0, 0.05) is 12.1 Å². The third-order valence-electron chi connectivity index (χ3n) is 6.07. The van der Waals surface area contributed by atoms with Gasteiger partial charge in [0.15, 0.2) is 0 Å². The highest BCUT2D eigenvalue weighted by Gasteiger charge is 2.52. The number of carbonyl (C=O) groups excluding carboxylic acids is 2. The summed E-state index contributed by atoms with van der Waals surface area (Å²) in [4.78, 5) is 23.3. The van der Waals surface area contributed by atoms with Crippen LogP contribution in [0.3, 0.4) is 0 Å². The maximum absolute atomic E-state index is 13.7. The Hall–Kier alpha value is -3.11. The van der Waals surface area contributed by atoms with Gasteiger partial charge in [0.2, 0.25) is 0 Å². The smallest absolute Gasteiger partial charge is 0.445 e. The molecule has 0 saturated carbocycles. The van der Waals surface area contributed by atoms with E-state index in [9.17, 15) is 22.8 Å². The first-order valence-electron chi connectivity index (χ1n) is 11.0. The van der Waals surface area contributed by atoms with Crippen LogP contribution in [-0.4, -0.2) is 37.2 Å². The predicted molar refractivity (Wildman–Crippen MR) is 126 cm³/mol. The van der Waals surface area contributed by atoms with E-state index in [0.717, 1.165) is 11.6 Å². The molecule has 1 aliphatic heterocycles. The molecule has 0 unspecified atom stereocenters. The molecule has 0 bridgehead atoms. The van der Waals surface area contributed by atoms with Crippen LogP contribution in [0.25, 0.3) is 6.08 Å². The van der Waals surface area contributed by atoms with Gasteiger partial charge in [-0.15, -0.1) is 0 Å². The number of carbonyl (C=O) groups is 2. The molecule has 3 rings (SSSR count). The van der Waals surface area contributed by atoms with E-state index in [1.807, 2.05) is 45.9 Å².